The Morgan fingerprint density at radius 3 is 2.65 bits per heavy atom. The van der Waals surface area contributed by atoms with Crippen molar-refractivity contribution in [2.45, 2.75) is 32.2 Å². The summed E-state index contributed by atoms with van der Waals surface area (Å²) in [4.78, 5) is 15.0. The lowest BCUT2D eigenvalue weighted by molar-refractivity contribution is -0.123. The molecule has 1 aliphatic heterocycles. The highest BCUT2D eigenvalue weighted by Crippen LogP contribution is 2.25. The van der Waals surface area contributed by atoms with Crippen molar-refractivity contribution in [3.8, 4) is 11.1 Å². The average molecular weight is 372 g/mol. The summed E-state index contributed by atoms with van der Waals surface area (Å²) in [5.41, 5.74) is 7.98. The standard InChI is InChI=1S/C21H29N3OS/c22-21(25)18-8-12-24(13-9-18)11-5-4-10-23-15-20-14-19(16-26-20)17-6-2-1-3-7-17/h1-3,6-7,14,16,18,23H,4-5,8-13,15H2,(H2,22,25). The number of primary amides is 1. The first-order chi connectivity index (χ1) is 12.7. The van der Waals surface area contributed by atoms with Gasteiger partial charge in [-0.25, -0.2) is 0 Å². The van der Waals surface area contributed by atoms with Crippen molar-refractivity contribution in [3.63, 3.8) is 0 Å². The van der Waals surface area contributed by atoms with Gasteiger partial charge in [0.2, 0.25) is 5.91 Å². The Morgan fingerprint density at radius 2 is 1.92 bits per heavy atom. The van der Waals surface area contributed by atoms with E-state index in [2.05, 4.69) is 52.0 Å². The number of nitrogens with two attached hydrogens (primary N) is 1. The van der Waals surface area contributed by atoms with Crippen molar-refractivity contribution in [2.75, 3.05) is 26.2 Å². The molecule has 0 radical (unpaired) electrons. The molecule has 1 aromatic carbocycles. The number of carbonyl (C=O) groups excluding carboxylic acids is 1. The van der Waals surface area contributed by atoms with E-state index < -0.39 is 0 Å². The minimum absolute atomic E-state index is 0.0967. The Bertz CT molecular complexity index is 678. The van der Waals surface area contributed by atoms with Crippen molar-refractivity contribution in [3.05, 3.63) is 46.7 Å². The van der Waals surface area contributed by atoms with E-state index in [9.17, 15) is 4.79 Å². The van der Waals surface area contributed by atoms with Crippen LogP contribution in [-0.4, -0.2) is 37.0 Å². The smallest absolute Gasteiger partial charge is 0.220 e. The van der Waals surface area contributed by atoms with E-state index in [-0.39, 0.29) is 11.8 Å². The first kappa shape index (κ1) is 19.1. The third-order valence-corrected chi connectivity index (χ3v) is 6.06. The summed E-state index contributed by atoms with van der Waals surface area (Å²) in [6.07, 6.45) is 4.24. The second-order valence-corrected chi connectivity index (χ2v) is 8.07. The Kier molecular flexibility index (Phi) is 7.23. The second kappa shape index (κ2) is 9.86. The maximum absolute atomic E-state index is 11.2. The van der Waals surface area contributed by atoms with Crippen LogP contribution in [-0.2, 0) is 11.3 Å². The van der Waals surface area contributed by atoms with Crippen LogP contribution >= 0.6 is 11.3 Å². The topological polar surface area (TPSA) is 58.4 Å². The monoisotopic (exact) mass is 371 g/mol. The van der Waals surface area contributed by atoms with E-state index in [1.54, 1.807) is 0 Å². The van der Waals surface area contributed by atoms with E-state index in [1.165, 1.54) is 28.8 Å². The molecule has 4 nitrogen and oxygen atoms in total. The Balaban J connectivity index is 1.27. The first-order valence-electron chi connectivity index (χ1n) is 9.57. The lowest BCUT2D eigenvalue weighted by Crippen LogP contribution is -2.39. The number of hydrogen-bond acceptors (Lipinski definition) is 4. The number of rotatable bonds is 9. The summed E-state index contributed by atoms with van der Waals surface area (Å²) >= 11 is 1.82. The van der Waals surface area contributed by atoms with Crippen molar-refractivity contribution in [1.82, 2.24) is 10.2 Å². The molecule has 0 aliphatic carbocycles. The van der Waals surface area contributed by atoms with Crippen LogP contribution < -0.4 is 11.1 Å². The SMILES string of the molecule is NC(=O)C1CCN(CCCCNCc2cc(-c3ccccc3)cs2)CC1. The molecule has 3 N–H and O–H groups in total. The van der Waals surface area contributed by atoms with Gasteiger partial charge in [-0.15, -0.1) is 11.3 Å². The summed E-state index contributed by atoms with van der Waals surface area (Å²) < 4.78 is 0. The average Bonchev–Trinajstić information content (AvgIpc) is 3.14. The van der Waals surface area contributed by atoms with Gasteiger partial charge in [0, 0.05) is 17.3 Å². The number of carbonyl (C=O) groups is 1. The fourth-order valence-electron chi connectivity index (χ4n) is 3.49. The van der Waals surface area contributed by atoms with Crippen LogP contribution in [0.25, 0.3) is 11.1 Å². The van der Waals surface area contributed by atoms with Crippen LogP contribution in [0.1, 0.15) is 30.6 Å². The Morgan fingerprint density at radius 1 is 1.15 bits per heavy atom. The molecule has 1 amide bonds. The predicted molar refractivity (Wildman–Crippen MR) is 109 cm³/mol. The van der Waals surface area contributed by atoms with Crippen molar-refractivity contribution in [1.29, 1.82) is 0 Å². The minimum atomic E-state index is -0.127. The third kappa shape index (κ3) is 5.66. The Labute approximate surface area is 160 Å². The lowest BCUT2D eigenvalue weighted by Gasteiger charge is -2.30. The van der Waals surface area contributed by atoms with Gasteiger partial charge >= 0.3 is 0 Å². The van der Waals surface area contributed by atoms with Gasteiger partial charge in [-0.05, 0) is 74.4 Å². The molecule has 1 aromatic heterocycles. The number of amides is 1. The number of unbranched alkanes of at least 4 members (excludes halogenated alkanes) is 1. The van der Waals surface area contributed by atoms with Crippen LogP contribution in [0.15, 0.2) is 41.8 Å². The summed E-state index contributed by atoms with van der Waals surface area (Å²) in [5.74, 6) is -0.0302. The molecule has 1 aliphatic rings. The van der Waals surface area contributed by atoms with Crippen LogP contribution in [0.3, 0.4) is 0 Å². The van der Waals surface area contributed by atoms with Crippen LogP contribution in [0.4, 0.5) is 0 Å². The molecule has 0 spiro atoms. The van der Waals surface area contributed by atoms with Crippen LogP contribution in [0.5, 0.6) is 0 Å². The van der Waals surface area contributed by atoms with E-state index in [1.807, 2.05) is 11.3 Å². The molecule has 0 unspecified atom stereocenters. The molecular formula is C21H29N3OS. The number of hydrogen-bond donors (Lipinski definition) is 2. The van der Waals surface area contributed by atoms with Crippen molar-refractivity contribution >= 4 is 17.2 Å². The largest absolute Gasteiger partial charge is 0.369 e. The van der Waals surface area contributed by atoms with Crippen LogP contribution in [0.2, 0.25) is 0 Å². The normalized spacial score (nSPS) is 16.0. The molecule has 3 rings (SSSR count). The molecule has 1 fully saturated rings. The van der Waals surface area contributed by atoms with E-state index >= 15 is 0 Å². The molecule has 0 bridgehead atoms. The lowest BCUT2D eigenvalue weighted by atomic mass is 9.96. The van der Waals surface area contributed by atoms with Gasteiger partial charge in [-0.2, -0.15) is 0 Å². The zero-order chi connectivity index (χ0) is 18.2. The molecule has 0 atom stereocenters. The van der Waals surface area contributed by atoms with Gasteiger partial charge in [-0.1, -0.05) is 30.3 Å². The van der Waals surface area contributed by atoms with Gasteiger partial charge in [-0.3, -0.25) is 4.79 Å². The first-order valence-corrected chi connectivity index (χ1v) is 10.5. The van der Waals surface area contributed by atoms with Crippen molar-refractivity contribution < 1.29 is 4.79 Å². The number of benzene rings is 1. The predicted octanol–water partition coefficient (Wildman–Crippen LogP) is 3.48. The highest BCUT2D eigenvalue weighted by atomic mass is 32.1. The number of nitrogens with one attached hydrogen (secondary N) is 1. The van der Waals surface area contributed by atoms with Gasteiger partial charge < -0.3 is 16.0 Å². The number of piperidine rings is 1. The fourth-order valence-corrected chi connectivity index (χ4v) is 4.36. The summed E-state index contributed by atoms with van der Waals surface area (Å²) in [6, 6.07) is 12.8. The highest BCUT2D eigenvalue weighted by Gasteiger charge is 2.22. The molecule has 1 saturated heterocycles. The maximum Gasteiger partial charge on any atom is 0.220 e. The molecule has 140 valence electrons. The molecule has 5 heteroatoms. The molecule has 2 aromatic rings. The Hall–Kier alpha value is -1.69. The number of likely N-dealkylation sites (tertiary alicyclic amines) is 1. The van der Waals surface area contributed by atoms with Gasteiger partial charge in [0.25, 0.3) is 0 Å². The van der Waals surface area contributed by atoms with E-state index in [0.717, 1.165) is 45.6 Å². The zero-order valence-electron chi connectivity index (χ0n) is 15.3. The van der Waals surface area contributed by atoms with E-state index in [4.69, 9.17) is 5.73 Å². The number of nitrogens with zero attached hydrogens (tertiary/aromatic N) is 1. The second-order valence-electron chi connectivity index (χ2n) is 7.07. The summed E-state index contributed by atoms with van der Waals surface area (Å²) in [7, 11) is 0. The number of thiophene rings is 1. The minimum Gasteiger partial charge on any atom is -0.369 e. The van der Waals surface area contributed by atoms with E-state index in [0.29, 0.717) is 0 Å². The van der Waals surface area contributed by atoms with Crippen molar-refractivity contribution in [2.24, 2.45) is 11.7 Å². The van der Waals surface area contributed by atoms with Crippen LogP contribution in [0, 0.1) is 5.92 Å². The summed E-state index contributed by atoms with van der Waals surface area (Å²) in [6.45, 7) is 5.15. The quantitative estimate of drug-likeness (QED) is 0.664. The fraction of sp³-hybridized carbons (Fsp3) is 0.476. The summed E-state index contributed by atoms with van der Waals surface area (Å²) in [5, 5.41) is 5.80. The molecule has 2 heterocycles. The van der Waals surface area contributed by atoms with Gasteiger partial charge in [0.05, 0.1) is 0 Å². The molecular weight excluding hydrogens is 342 g/mol. The van der Waals surface area contributed by atoms with Gasteiger partial charge in [0.15, 0.2) is 0 Å². The highest BCUT2D eigenvalue weighted by molar-refractivity contribution is 7.10. The maximum atomic E-state index is 11.2. The third-order valence-electron chi connectivity index (χ3n) is 5.13. The molecule has 0 saturated carbocycles. The van der Waals surface area contributed by atoms with Gasteiger partial charge in [0.1, 0.15) is 0 Å². The zero-order valence-corrected chi connectivity index (χ0v) is 16.1. The molecule has 26 heavy (non-hydrogen) atoms.